The zero-order chi connectivity index (χ0) is 45.8. The fourth-order valence-electron chi connectivity index (χ4n) is 11.5. The van der Waals surface area contributed by atoms with Crippen LogP contribution in [0.3, 0.4) is 0 Å². The van der Waals surface area contributed by atoms with Gasteiger partial charge in [-0.3, -0.25) is 0 Å². The Hall–Kier alpha value is -1.26. The van der Waals surface area contributed by atoms with E-state index in [1.165, 1.54) is 279 Å². The van der Waals surface area contributed by atoms with Gasteiger partial charge in [-0.25, -0.2) is 0 Å². The lowest BCUT2D eigenvalue weighted by molar-refractivity contribution is -0.108. The van der Waals surface area contributed by atoms with E-state index in [1.807, 2.05) is 0 Å². The minimum absolute atomic E-state index is 0.0112. The lowest BCUT2D eigenvalue weighted by Gasteiger charge is -2.47. The summed E-state index contributed by atoms with van der Waals surface area (Å²) in [5.41, 5.74) is 5.02. The first kappa shape index (κ1) is 57.1. The maximum atomic E-state index is 7.31. The molecule has 0 saturated heterocycles. The molecule has 2 heterocycles. The third-order valence-corrected chi connectivity index (χ3v) is 15.4. The van der Waals surface area contributed by atoms with E-state index in [1.54, 1.807) is 0 Å². The lowest BCUT2D eigenvalue weighted by Crippen LogP contribution is -2.45. The van der Waals surface area contributed by atoms with Crippen molar-refractivity contribution >= 4 is 11.4 Å². The summed E-state index contributed by atoms with van der Waals surface area (Å²) in [5.74, 6) is 0. The van der Waals surface area contributed by atoms with Crippen LogP contribution in [0.5, 0.6) is 0 Å². The molecule has 2 unspecified atom stereocenters. The number of rotatable bonds is 44. The molecule has 374 valence electrons. The molecule has 2 aliphatic rings. The highest BCUT2D eigenvalue weighted by atomic mass is 16.5. The van der Waals surface area contributed by atoms with E-state index >= 15 is 0 Å². The minimum atomic E-state index is -0.238. The summed E-state index contributed by atoms with van der Waals surface area (Å²) in [7, 11) is 0. The number of fused-ring (bicyclic) bond motifs is 2. The molecule has 1 aromatic rings. The molecule has 64 heavy (non-hydrogen) atoms. The maximum absolute atomic E-state index is 7.31. The number of anilines is 2. The second-order valence-corrected chi connectivity index (χ2v) is 21.5. The van der Waals surface area contributed by atoms with Crippen LogP contribution in [0, 0.1) is 0 Å². The summed E-state index contributed by atoms with van der Waals surface area (Å²) in [6.07, 6.45) is 59.5. The normalized spacial score (nSPS) is 17.5. The summed E-state index contributed by atoms with van der Waals surface area (Å²) < 4.78 is 14.6. The number of nitrogens with one attached hydrogen (secondary N) is 2. The van der Waals surface area contributed by atoms with Gasteiger partial charge in [0.05, 0.1) is 11.2 Å². The third-order valence-electron chi connectivity index (χ3n) is 15.4. The molecule has 4 heteroatoms. The Morgan fingerprint density at radius 1 is 0.312 bits per heavy atom. The number of ether oxygens (including phenoxy) is 2. The lowest BCUT2D eigenvalue weighted by atomic mass is 9.76. The van der Waals surface area contributed by atoms with Crippen LogP contribution in [0.2, 0.25) is 0 Å². The van der Waals surface area contributed by atoms with Crippen molar-refractivity contribution in [3.63, 3.8) is 0 Å². The average molecular weight is 894 g/mol. The Morgan fingerprint density at radius 2 is 0.516 bits per heavy atom. The Labute approximate surface area is 400 Å². The van der Waals surface area contributed by atoms with Gasteiger partial charge in [0.1, 0.15) is 12.5 Å². The Bertz CT molecular complexity index is 1090. The minimum Gasteiger partial charge on any atom is -0.360 e. The van der Waals surface area contributed by atoms with Crippen molar-refractivity contribution in [3.05, 3.63) is 23.3 Å². The standard InChI is InChI=1S/C60H112N2O2/c1-7-11-15-19-23-27-31-35-39-43-47-59(48-44-40-36-32-28-24-20-16-12-8-2)55-51-56-58(52-57(55)61-53(5)63-59)62-54(6)64-60(56,49-45-41-37-33-29-25-21-17-13-9-3)50-46-42-38-34-30-26-22-18-14-10-4/h51-54,61-62H,7-50H2,1-6H3. The molecule has 1 aromatic carbocycles. The quantitative estimate of drug-likeness (QED) is 0.0641. The monoisotopic (exact) mass is 893 g/mol. The van der Waals surface area contributed by atoms with Crippen molar-refractivity contribution in [3.8, 4) is 0 Å². The van der Waals surface area contributed by atoms with E-state index in [9.17, 15) is 0 Å². The van der Waals surface area contributed by atoms with Gasteiger partial charge in [0.2, 0.25) is 0 Å². The molecule has 0 fully saturated rings. The molecule has 0 radical (unpaired) electrons. The van der Waals surface area contributed by atoms with Crippen molar-refractivity contribution in [1.82, 2.24) is 0 Å². The highest BCUT2D eigenvalue weighted by Gasteiger charge is 2.45. The summed E-state index contributed by atoms with van der Waals surface area (Å²) in [4.78, 5) is 0. The van der Waals surface area contributed by atoms with Crippen molar-refractivity contribution in [2.45, 2.75) is 348 Å². The van der Waals surface area contributed by atoms with Crippen molar-refractivity contribution < 1.29 is 9.47 Å². The van der Waals surface area contributed by atoms with E-state index in [-0.39, 0.29) is 23.7 Å². The highest BCUT2D eigenvalue weighted by molar-refractivity contribution is 5.70. The van der Waals surface area contributed by atoms with Gasteiger partial charge in [-0.2, -0.15) is 0 Å². The molecule has 4 nitrogen and oxygen atoms in total. The zero-order valence-corrected chi connectivity index (χ0v) is 44.2. The largest absolute Gasteiger partial charge is 0.360 e. The summed E-state index contributed by atoms with van der Waals surface area (Å²) in [5, 5.41) is 7.72. The molecular weight excluding hydrogens is 781 g/mol. The first-order valence-electron chi connectivity index (χ1n) is 29.5. The second kappa shape index (κ2) is 36.7. The van der Waals surface area contributed by atoms with E-state index in [2.05, 4.69) is 64.3 Å². The van der Waals surface area contributed by atoms with E-state index in [0.717, 1.165) is 25.7 Å². The van der Waals surface area contributed by atoms with Gasteiger partial charge in [0.15, 0.2) is 0 Å². The van der Waals surface area contributed by atoms with Crippen LogP contribution in [0.25, 0.3) is 0 Å². The van der Waals surface area contributed by atoms with Crippen LogP contribution in [-0.2, 0) is 20.7 Å². The second-order valence-electron chi connectivity index (χ2n) is 21.5. The molecule has 3 rings (SSSR count). The Kier molecular flexibility index (Phi) is 32.8. The molecule has 0 spiro atoms. The fourth-order valence-corrected chi connectivity index (χ4v) is 11.5. The Morgan fingerprint density at radius 3 is 0.734 bits per heavy atom. The smallest absolute Gasteiger partial charge is 0.126 e. The number of benzene rings is 1. The van der Waals surface area contributed by atoms with E-state index in [0.29, 0.717) is 0 Å². The van der Waals surface area contributed by atoms with Gasteiger partial charge in [0, 0.05) is 22.5 Å². The molecule has 2 aliphatic heterocycles. The van der Waals surface area contributed by atoms with Gasteiger partial charge < -0.3 is 20.1 Å². The maximum Gasteiger partial charge on any atom is 0.126 e. The van der Waals surface area contributed by atoms with Gasteiger partial charge >= 0.3 is 0 Å². The fraction of sp³-hybridized carbons (Fsp3) is 0.900. The topological polar surface area (TPSA) is 42.5 Å². The van der Waals surface area contributed by atoms with Gasteiger partial charge in [-0.1, -0.05) is 285 Å². The van der Waals surface area contributed by atoms with E-state index < -0.39 is 0 Å². The predicted octanol–water partition coefficient (Wildman–Crippen LogP) is 20.9. The van der Waals surface area contributed by atoms with Crippen LogP contribution in [0.4, 0.5) is 11.4 Å². The van der Waals surface area contributed by atoms with Gasteiger partial charge in [-0.15, -0.1) is 0 Å². The van der Waals surface area contributed by atoms with Crippen LogP contribution in [-0.4, -0.2) is 12.5 Å². The number of hydrogen-bond acceptors (Lipinski definition) is 4. The summed E-state index contributed by atoms with van der Waals surface area (Å²) in [6.45, 7) is 13.8. The third kappa shape index (κ3) is 23.2. The summed E-state index contributed by atoms with van der Waals surface area (Å²) in [6, 6.07) is 5.14. The van der Waals surface area contributed by atoms with Crippen LogP contribution < -0.4 is 10.6 Å². The van der Waals surface area contributed by atoms with Crippen LogP contribution >= 0.6 is 0 Å². The molecule has 0 amide bonds. The van der Waals surface area contributed by atoms with Crippen molar-refractivity contribution in [1.29, 1.82) is 0 Å². The molecule has 2 atom stereocenters. The zero-order valence-electron chi connectivity index (χ0n) is 44.2. The molecule has 0 aromatic heterocycles. The first-order chi connectivity index (χ1) is 31.4. The van der Waals surface area contributed by atoms with E-state index in [4.69, 9.17) is 9.47 Å². The van der Waals surface area contributed by atoms with Crippen molar-refractivity contribution in [2.24, 2.45) is 0 Å². The molecule has 0 saturated carbocycles. The number of hydrogen-bond donors (Lipinski definition) is 2. The average Bonchev–Trinajstić information content (AvgIpc) is 3.28. The first-order valence-corrected chi connectivity index (χ1v) is 29.5. The van der Waals surface area contributed by atoms with Crippen molar-refractivity contribution in [2.75, 3.05) is 10.6 Å². The molecule has 0 aliphatic carbocycles. The SMILES string of the molecule is CCCCCCCCCCCCC1(CCCCCCCCCCCC)OC(C)Nc2cc3c(cc21)C(CCCCCCCCCCCC)(CCCCCCCCCCCC)OC(C)N3. The van der Waals surface area contributed by atoms with Crippen LogP contribution in [0.15, 0.2) is 12.1 Å². The summed E-state index contributed by atoms with van der Waals surface area (Å²) >= 11 is 0. The Balaban J connectivity index is 1.80. The number of unbranched alkanes of at least 4 members (excludes halogenated alkanes) is 36. The predicted molar refractivity (Wildman–Crippen MR) is 284 cm³/mol. The molecule has 2 N–H and O–H groups in total. The van der Waals surface area contributed by atoms with Gasteiger partial charge in [0.25, 0.3) is 0 Å². The molecular formula is C60H112N2O2. The molecule has 0 bridgehead atoms. The van der Waals surface area contributed by atoms with Crippen LogP contribution in [0.1, 0.15) is 335 Å². The van der Waals surface area contributed by atoms with Gasteiger partial charge in [-0.05, 0) is 51.7 Å². The highest BCUT2D eigenvalue weighted by Crippen LogP contribution is 2.52.